The lowest BCUT2D eigenvalue weighted by molar-refractivity contribution is -0.126. The molecule has 2 amide bonds. The first-order valence-electron chi connectivity index (χ1n) is 12.9. The second-order valence-electron chi connectivity index (χ2n) is 9.58. The lowest BCUT2D eigenvalue weighted by Crippen LogP contribution is -2.35. The molecule has 0 saturated carbocycles. The number of carbonyl (C=O) groups excluding carboxylic acids is 2. The summed E-state index contributed by atoms with van der Waals surface area (Å²) in [6.07, 6.45) is 6.49. The first kappa shape index (κ1) is 28.1. The second-order valence-corrected chi connectivity index (χ2v) is 9.58. The van der Waals surface area contributed by atoms with E-state index in [2.05, 4.69) is 32.2 Å². The summed E-state index contributed by atoms with van der Waals surface area (Å²) in [5.41, 5.74) is 5.49. The Labute approximate surface area is 234 Å². The lowest BCUT2D eigenvalue weighted by Gasteiger charge is -2.23. The summed E-state index contributed by atoms with van der Waals surface area (Å²) in [7, 11) is 3.93. The molecule has 0 bridgehead atoms. The Morgan fingerprint density at radius 1 is 1.00 bits per heavy atom. The molecule has 0 aliphatic rings. The molecule has 0 saturated heterocycles. The maximum atomic E-state index is 13.0. The van der Waals surface area contributed by atoms with Crippen LogP contribution in [0.25, 0.3) is 11.3 Å². The van der Waals surface area contributed by atoms with Crippen molar-refractivity contribution in [2.45, 2.75) is 13.5 Å². The highest BCUT2D eigenvalue weighted by molar-refractivity contribution is 6.04. The number of benzene rings is 2. The molecule has 9 heteroatoms. The van der Waals surface area contributed by atoms with Gasteiger partial charge in [-0.15, -0.1) is 0 Å². The van der Waals surface area contributed by atoms with Gasteiger partial charge in [0, 0.05) is 60.7 Å². The Bertz CT molecular complexity index is 1470. The molecule has 0 atom stereocenters. The first-order valence-corrected chi connectivity index (χ1v) is 12.9. The van der Waals surface area contributed by atoms with Crippen LogP contribution < -0.4 is 10.6 Å². The Balaban J connectivity index is 1.42. The van der Waals surface area contributed by atoms with Crippen molar-refractivity contribution in [1.82, 2.24) is 24.8 Å². The summed E-state index contributed by atoms with van der Waals surface area (Å²) in [6, 6.07) is 18.5. The molecular weight excluding hydrogens is 502 g/mol. The molecule has 0 spiro atoms. The summed E-state index contributed by atoms with van der Waals surface area (Å²) >= 11 is 0. The van der Waals surface area contributed by atoms with Crippen molar-refractivity contribution in [1.29, 1.82) is 0 Å². The number of carbonyl (C=O) groups is 2. The summed E-state index contributed by atoms with van der Waals surface area (Å²) in [5, 5.41) is 6.21. The average Bonchev–Trinajstić information content (AvgIpc) is 2.97. The summed E-state index contributed by atoms with van der Waals surface area (Å²) < 4.78 is 0. The van der Waals surface area contributed by atoms with Gasteiger partial charge in [0.15, 0.2) is 0 Å². The third kappa shape index (κ3) is 7.58. The number of aromatic nitrogens is 3. The lowest BCUT2D eigenvalue weighted by atomic mass is 10.1. The van der Waals surface area contributed by atoms with Crippen LogP contribution in [-0.4, -0.2) is 63.8 Å². The number of pyridine rings is 1. The van der Waals surface area contributed by atoms with Crippen molar-refractivity contribution in [2.24, 2.45) is 0 Å². The molecule has 0 unspecified atom stereocenters. The minimum absolute atomic E-state index is 0.123. The quantitative estimate of drug-likeness (QED) is 0.263. The van der Waals surface area contributed by atoms with Gasteiger partial charge in [0.25, 0.3) is 5.91 Å². The number of anilines is 3. The average molecular weight is 536 g/mol. The van der Waals surface area contributed by atoms with Crippen molar-refractivity contribution in [3.63, 3.8) is 0 Å². The number of hydrogen-bond donors (Lipinski definition) is 2. The fourth-order valence-corrected chi connectivity index (χ4v) is 3.95. The molecule has 0 aliphatic carbocycles. The standard InChI is InChI=1S/C31H33N7O2/c1-5-29(39)38(18-17-37(3)4)21-23-9-11-24(12-10-23)30(40)34-26-13-8-22(2)28(19-26)36-31-33-16-14-27(35-31)25-7-6-15-32-20-25/h5-16,19-20H,1,17-18,21H2,2-4H3,(H,34,40)(H,33,35,36). The number of nitrogens with zero attached hydrogens (tertiary/aromatic N) is 5. The van der Waals surface area contributed by atoms with Crippen molar-refractivity contribution in [2.75, 3.05) is 37.8 Å². The number of nitrogens with one attached hydrogen (secondary N) is 2. The first-order chi connectivity index (χ1) is 19.3. The van der Waals surface area contributed by atoms with E-state index in [0.29, 0.717) is 30.3 Å². The minimum atomic E-state index is -0.234. The molecule has 0 aliphatic heterocycles. The van der Waals surface area contributed by atoms with Gasteiger partial charge in [0.1, 0.15) is 0 Å². The maximum absolute atomic E-state index is 13.0. The van der Waals surface area contributed by atoms with Crippen molar-refractivity contribution in [3.05, 3.63) is 109 Å². The Kier molecular flexibility index (Phi) is 9.32. The van der Waals surface area contributed by atoms with Crippen LogP contribution in [0.15, 0.2) is 91.9 Å². The zero-order valence-corrected chi connectivity index (χ0v) is 23.0. The fraction of sp³-hybridized carbons (Fsp3) is 0.194. The summed E-state index contributed by atoms with van der Waals surface area (Å²) in [5.74, 6) is 0.0857. The molecule has 4 aromatic rings. The number of aryl methyl sites for hydroxylation is 1. The van der Waals surface area contributed by atoms with Gasteiger partial charge >= 0.3 is 0 Å². The molecule has 2 aromatic carbocycles. The summed E-state index contributed by atoms with van der Waals surface area (Å²) in [6.45, 7) is 7.35. The van der Waals surface area contributed by atoms with Gasteiger partial charge in [-0.25, -0.2) is 9.97 Å². The fourth-order valence-electron chi connectivity index (χ4n) is 3.95. The summed E-state index contributed by atoms with van der Waals surface area (Å²) in [4.78, 5) is 42.1. The molecule has 9 nitrogen and oxygen atoms in total. The zero-order chi connectivity index (χ0) is 28.5. The molecule has 4 rings (SSSR count). The van der Waals surface area contributed by atoms with Crippen molar-refractivity contribution < 1.29 is 9.59 Å². The molecule has 0 radical (unpaired) electrons. The van der Waals surface area contributed by atoms with E-state index in [9.17, 15) is 9.59 Å². The van der Waals surface area contributed by atoms with Crippen LogP contribution in [-0.2, 0) is 11.3 Å². The second kappa shape index (κ2) is 13.3. The van der Waals surface area contributed by atoms with E-state index in [4.69, 9.17) is 0 Å². The van der Waals surface area contributed by atoms with Gasteiger partial charge in [-0.3, -0.25) is 14.6 Å². The van der Waals surface area contributed by atoms with Crippen LogP contribution in [0.1, 0.15) is 21.5 Å². The maximum Gasteiger partial charge on any atom is 0.255 e. The van der Waals surface area contributed by atoms with E-state index in [0.717, 1.165) is 34.6 Å². The SMILES string of the molecule is C=CC(=O)N(CCN(C)C)Cc1ccc(C(=O)Nc2ccc(C)c(Nc3nccc(-c4cccnc4)n3)c2)cc1. The minimum Gasteiger partial charge on any atom is -0.334 e. The third-order valence-corrected chi connectivity index (χ3v) is 6.25. The van der Waals surface area contributed by atoms with Gasteiger partial charge in [-0.1, -0.05) is 24.8 Å². The third-order valence-electron chi connectivity index (χ3n) is 6.25. The van der Waals surface area contributed by atoms with Crippen LogP contribution in [0.3, 0.4) is 0 Å². The number of amides is 2. The normalized spacial score (nSPS) is 10.7. The van der Waals surface area contributed by atoms with Crippen LogP contribution in [0.5, 0.6) is 0 Å². The van der Waals surface area contributed by atoms with Crippen LogP contribution >= 0.6 is 0 Å². The topological polar surface area (TPSA) is 103 Å². The van der Waals surface area contributed by atoms with Crippen molar-refractivity contribution >= 4 is 29.1 Å². The number of hydrogen-bond acceptors (Lipinski definition) is 7. The molecule has 2 heterocycles. The largest absolute Gasteiger partial charge is 0.334 e. The molecular formula is C31H33N7O2. The van der Waals surface area contributed by atoms with Crippen molar-refractivity contribution in [3.8, 4) is 11.3 Å². The zero-order valence-electron chi connectivity index (χ0n) is 23.0. The Hall–Kier alpha value is -4.89. The highest BCUT2D eigenvalue weighted by Crippen LogP contribution is 2.24. The van der Waals surface area contributed by atoms with Gasteiger partial charge in [0.05, 0.1) is 5.69 Å². The van der Waals surface area contributed by atoms with E-state index in [1.54, 1.807) is 35.6 Å². The Morgan fingerprint density at radius 2 is 1.80 bits per heavy atom. The predicted molar refractivity (Wildman–Crippen MR) is 158 cm³/mol. The number of rotatable bonds is 11. The van der Waals surface area contributed by atoms with E-state index in [1.807, 2.05) is 74.4 Å². The van der Waals surface area contributed by atoms with E-state index in [1.165, 1.54) is 6.08 Å². The predicted octanol–water partition coefficient (Wildman–Crippen LogP) is 4.92. The Morgan fingerprint density at radius 3 is 2.50 bits per heavy atom. The van der Waals surface area contributed by atoms with Gasteiger partial charge in [0.2, 0.25) is 11.9 Å². The van der Waals surface area contributed by atoms with Crippen LogP contribution in [0, 0.1) is 6.92 Å². The van der Waals surface area contributed by atoms with Gasteiger partial charge in [-0.2, -0.15) is 0 Å². The number of likely N-dealkylation sites (N-methyl/N-ethyl adjacent to an activating group) is 1. The molecule has 40 heavy (non-hydrogen) atoms. The smallest absolute Gasteiger partial charge is 0.255 e. The van der Waals surface area contributed by atoms with Gasteiger partial charge in [-0.05, 0) is 80.7 Å². The van der Waals surface area contributed by atoms with E-state index < -0.39 is 0 Å². The molecule has 2 aromatic heterocycles. The molecule has 2 N–H and O–H groups in total. The van der Waals surface area contributed by atoms with Crippen LogP contribution in [0.2, 0.25) is 0 Å². The van der Waals surface area contributed by atoms with E-state index >= 15 is 0 Å². The molecule has 0 fully saturated rings. The monoisotopic (exact) mass is 535 g/mol. The highest BCUT2D eigenvalue weighted by Gasteiger charge is 2.13. The molecule has 204 valence electrons. The van der Waals surface area contributed by atoms with Gasteiger partial charge < -0.3 is 20.4 Å². The highest BCUT2D eigenvalue weighted by atomic mass is 16.2. The van der Waals surface area contributed by atoms with Crippen LogP contribution in [0.4, 0.5) is 17.3 Å². The van der Waals surface area contributed by atoms with E-state index in [-0.39, 0.29) is 11.8 Å².